The predicted octanol–water partition coefficient (Wildman–Crippen LogP) is 1.54. The summed E-state index contributed by atoms with van der Waals surface area (Å²) in [5, 5.41) is 2.71. The highest BCUT2D eigenvalue weighted by Crippen LogP contribution is 2.75. The molecule has 3 unspecified atom stereocenters. The first-order chi connectivity index (χ1) is 9.99. The number of methoxy groups -OCH3 is 1. The molecule has 3 atom stereocenters. The van der Waals surface area contributed by atoms with E-state index in [1.807, 2.05) is 0 Å². The summed E-state index contributed by atoms with van der Waals surface area (Å²) in [6.07, 6.45) is 0.758. The molecule has 0 heterocycles. The highest BCUT2D eigenvalue weighted by atomic mass is 35.5. The van der Waals surface area contributed by atoms with Crippen molar-refractivity contribution in [2.45, 2.75) is 12.5 Å². The molecule has 5 nitrogen and oxygen atoms in total. The van der Waals surface area contributed by atoms with Gasteiger partial charge in [0.2, 0.25) is 0 Å². The summed E-state index contributed by atoms with van der Waals surface area (Å²) < 4.78 is 23.1. The van der Waals surface area contributed by atoms with Gasteiger partial charge in [-0.3, -0.25) is 9.59 Å². The Morgan fingerprint density at radius 3 is 2.90 bits per heavy atom. The van der Waals surface area contributed by atoms with Gasteiger partial charge in [0.25, 0.3) is 5.91 Å². The van der Waals surface area contributed by atoms with Crippen molar-refractivity contribution in [3.8, 4) is 5.75 Å². The number of amides is 1. The monoisotopic (exact) mass is 313 g/mol. The molecule has 2 saturated carbocycles. The van der Waals surface area contributed by atoms with Crippen molar-refractivity contribution in [3.63, 3.8) is 0 Å². The van der Waals surface area contributed by atoms with E-state index in [0.29, 0.717) is 0 Å². The lowest BCUT2D eigenvalue weighted by molar-refractivity contribution is -0.145. The highest BCUT2D eigenvalue weighted by Gasteiger charge is 2.84. The molecule has 0 radical (unpaired) electrons. The first kappa shape index (κ1) is 14.1. The smallest absolute Gasteiger partial charge is 0.314 e. The summed E-state index contributed by atoms with van der Waals surface area (Å²) in [5.74, 6) is -0.843. The van der Waals surface area contributed by atoms with E-state index < -0.39 is 11.2 Å². The second kappa shape index (κ2) is 4.87. The molecule has 0 bridgehead atoms. The summed E-state index contributed by atoms with van der Waals surface area (Å²) in [5.41, 5.74) is -0.503. The second-order valence-electron chi connectivity index (χ2n) is 5.25. The molecule has 2 fully saturated rings. The minimum absolute atomic E-state index is 0.00936. The van der Waals surface area contributed by atoms with Gasteiger partial charge in [-0.1, -0.05) is 11.6 Å². The fourth-order valence-corrected chi connectivity index (χ4v) is 2.74. The van der Waals surface area contributed by atoms with Crippen molar-refractivity contribution in [2.24, 2.45) is 11.3 Å². The van der Waals surface area contributed by atoms with Gasteiger partial charge in [0.1, 0.15) is 11.6 Å². The molecule has 2 aliphatic rings. The van der Waals surface area contributed by atoms with Crippen LogP contribution in [0, 0.1) is 17.2 Å². The van der Waals surface area contributed by atoms with E-state index >= 15 is 0 Å². The number of rotatable bonds is 5. The first-order valence-corrected chi connectivity index (χ1v) is 6.82. The minimum atomic E-state index is -0.609. The third-order valence-electron chi connectivity index (χ3n) is 4.05. The zero-order chi connectivity index (χ0) is 15.2. The molecule has 3 rings (SSSR count). The predicted molar refractivity (Wildman–Crippen MR) is 71.4 cm³/mol. The zero-order valence-electron chi connectivity index (χ0n) is 11.2. The van der Waals surface area contributed by atoms with Crippen molar-refractivity contribution in [2.75, 3.05) is 13.7 Å². The van der Waals surface area contributed by atoms with Gasteiger partial charge < -0.3 is 14.8 Å². The number of benzene rings is 1. The molecule has 0 aromatic heterocycles. The average Bonchev–Trinajstić information content (AvgIpc) is 3.34. The van der Waals surface area contributed by atoms with Gasteiger partial charge in [-0.25, -0.2) is 4.39 Å². The van der Waals surface area contributed by atoms with Crippen LogP contribution >= 0.6 is 11.6 Å². The van der Waals surface area contributed by atoms with Crippen LogP contribution < -0.4 is 10.1 Å². The van der Waals surface area contributed by atoms with Gasteiger partial charge in [-0.2, -0.15) is 0 Å². The van der Waals surface area contributed by atoms with Crippen LogP contribution in [0.4, 0.5) is 4.39 Å². The zero-order valence-corrected chi connectivity index (χ0v) is 11.9. The molecule has 0 spiro atoms. The third-order valence-corrected chi connectivity index (χ3v) is 4.36. The third kappa shape index (κ3) is 2.33. The average molecular weight is 314 g/mol. The van der Waals surface area contributed by atoms with Crippen LogP contribution in [0.25, 0.3) is 0 Å². The fourth-order valence-electron chi connectivity index (χ4n) is 2.62. The van der Waals surface area contributed by atoms with Crippen molar-refractivity contribution in [1.29, 1.82) is 0 Å². The maximum atomic E-state index is 13.2. The molecule has 1 N–H and O–H groups in total. The van der Waals surface area contributed by atoms with Crippen molar-refractivity contribution in [1.82, 2.24) is 5.32 Å². The SMILES string of the molecule is COC(=O)C12CC1C2NC(=O)COc1ccc(Cl)c(F)c1. The van der Waals surface area contributed by atoms with Crippen LogP contribution in [0.2, 0.25) is 5.02 Å². The summed E-state index contributed by atoms with van der Waals surface area (Å²) in [4.78, 5) is 23.2. The lowest BCUT2D eigenvalue weighted by Gasteiger charge is -2.12. The molecular weight excluding hydrogens is 301 g/mol. The highest BCUT2D eigenvalue weighted by molar-refractivity contribution is 6.30. The van der Waals surface area contributed by atoms with E-state index in [1.165, 1.54) is 19.2 Å². The summed E-state index contributed by atoms with van der Waals surface area (Å²) in [7, 11) is 1.34. The Labute approximate surface area is 125 Å². The fraction of sp³-hybridized carbons (Fsp3) is 0.429. The lowest BCUT2D eigenvalue weighted by Crippen LogP contribution is -2.37. The molecule has 1 amide bonds. The maximum absolute atomic E-state index is 13.2. The van der Waals surface area contributed by atoms with E-state index in [-0.39, 0.29) is 41.2 Å². The summed E-state index contributed by atoms with van der Waals surface area (Å²) in [6, 6.07) is 3.78. The molecule has 0 saturated heterocycles. The van der Waals surface area contributed by atoms with Crippen LogP contribution in [0.1, 0.15) is 6.42 Å². The number of hydrogen-bond donors (Lipinski definition) is 1. The van der Waals surface area contributed by atoms with Gasteiger partial charge in [0.05, 0.1) is 17.5 Å². The standard InChI is InChI=1S/C14H13ClFNO4/c1-20-13(19)14-5-8(14)12(14)17-11(18)6-21-7-2-3-9(15)10(16)4-7/h2-4,8,12H,5-6H2,1H3,(H,17,18). The molecule has 112 valence electrons. The van der Waals surface area contributed by atoms with Gasteiger partial charge in [0, 0.05) is 12.1 Å². The van der Waals surface area contributed by atoms with E-state index in [2.05, 4.69) is 5.32 Å². The topological polar surface area (TPSA) is 64.6 Å². The quantitative estimate of drug-likeness (QED) is 0.837. The molecule has 7 heteroatoms. The van der Waals surface area contributed by atoms with Gasteiger partial charge >= 0.3 is 5.97 Å². The molecule has 21 heavy (non-hydrogen) atoms. The van der Waals surface area contributed by atoms with Crippen molar-refractivity contribution >= 4 is 23.5 Å². The number of halogens is 2. The Morgan fingerprint density at radius 2 is 2.29 bits per heavy atom. The number of carbonyl (C=O) groups is 2. The Hall–Kier alpha value is -1.82. The van der Waals surface area contributed by atoms with E-state index in [4.69, 9.17) is 21.1 Å². The Morgan fingerprint density at radius 1 is 1.52 bits per heavy atom. The first-order valence-electron chi connectivity index (χ1n) is 6.44. The number of hydrogen-bond acceptors (Lipinski definition) is 4. The number of carbonyl (C=O) groups excluding carboxylic acids is 2. The van der Waals surface area contributed by atoms with Gasteiger partial charge in [0.15, 0.2) is 6.61 Å². The van der Waals surface area contributed by atoms with Crippen LogP contribution in [0.3, 0.4) is 0 Å². The van der Waals surface area contributed by atoms with E-state index in [1.54, 1.807) is 0 Å². The normalized spacial score (nSPS) is 28.3. The maximum Gasteiger partial charge on any atom is 0.314 e. The summed E-state index contributed by atoms with van der Waals surface area (Å²) >= 11 is 5.55. The number of ether oxygens (including phenoxy) is 2. The second-order valence-corrected chi connectivity index (χ2v) is 5.66. The number of fused-ring (bicyclic) bond motifs is 1. The Kier molecular flexibility index (Phi) is 3.28. The van der Waals surface area contributed by atoms with Crippen LogP contribution in [0.15, 0.2) is 18.2 Å². The van der Waals surface area contributed by atoms with Crippen LogP contribution in [-0.4, -0.2) is 31.6 Å². The molecular formula is C14H13ClFNO4. The molecule has 2 aliphatic carbocycles. The van der Waals surface area contributed by atoms with Crippen molar-refractivity contribution in [3.05, 3.63) is 29.0 Å². The molecule has 1 aromatic rings. The number of esters is 1. The lowest BCUT2D eigenvalue weighted by atomic mass is 10.1. The van der Waals surface area contributed by atoms with Gasteiger partial charge in [-0.15, -0.1) is 0 Å². The van der Waals surface area contributed by atoms with Gasteiger partial charge in [-0.05, 0) is 24.5 Å². The largest absolute Gasteiger partial charge is 0.484 e. The van der Waals surface area contributed by atoms with Crippen LogP contribution in [0.5, 0.6) is 5.75 Å². The van der Waals surface area contributed by atoms with Crippen molar-refractivity contribution < 1.29 is 23.5 Å². The van der Waals surface area contributed by atoms with E-state index in [0.717, 1.165) is 12.5 Å². The van der Waals surface area contributed by atoms with E-state index in [9.17, 15) is 14.0 Å². The minimum Gasteiger partial charge on any atom is -0.484 e. The number of nitrogens with one attached hydrogen (secondary N) is 1. The molecule has 0 aliphatic heterocycles. The Balaban J connectivity index is 1.48. The summed E-state index contributed by atoms with van der Waals surface area (Å²) in [6.45, 7) is -0.248. The molecule has 1 aromatic carbocycles. The Bertz CT molecular complexity index is 623. The van der Waals surface area contributed by atoms with Crippen LogP contribution in [-0.2, 0) is 14.3 Å².